The van der Waals surface area contributed by atoms with Gasteiger partial charge in [-0.25, -0.2) is 4.98 Å². The lowest BCUT2D eigenvalue weighted by Gasteiger charge is -2.09. The number of hydrogen-bond donors (Lipinski definition) is 0. The Hall–Kier alpha value is -3.00. The van der Waals surface area contributed by atoms with Gasteiger partial charge in [0.15, 0.2) is 10.2 Å². The van der Waals surface area contributed by atoms with Crippen molar-refractivity contribution in [3.05, 3.63) is 89.4 Å². The van der Waals surface area contributed by atoms with Crippen LogP contribution in [-0.4, -0.2) is 24.7 Å². The molecule has 3 heterocycles. The van der Waals surface area contributed by atoms with E-state index in [2.05, 4.69) is 15.2 Å². The Morgan fingerprint density at radius 2 is 1.63 bits per heavy atom. The van der Waals surface area contributed by atoms with Crippen molar-refractivity contribution in [1.29, 1.82) is 0 Å². The summed E-state index contributed by atoms with van der Waals surface area (Å²) in [5.41, 5.74) is 3.68. The van der Waals surface area contributed by atoms with E-state index in [4.69, 9.17) is 16.6 Å². The first kappa shape index (κ1) is 19.0. The van der Waals surface area contributed by atoms with Crippen molar-refractivity contribution in [3.63, 3.8) is 0 Å². The van der Waals surface area contributed by atoms with Gasteiger partial charge in [-0.05, 0) is 48.2 Å². The van der Waals surface area contributed by atoms with Crippen LogP contribution in [-0.2, 0) is 0 Å². The lowest BCUT2D eigenvalue weighted by atomic mass is 10.2. The van der Waals surface area contributed by atoms with Gasteiger partial charge in [0.25, 0.3) is 0 Å². The molecule has 5 aromatic rings. The molecule has 5 nitrogen and oxygen atoms in total. The first-order valence-electron chi connectivity index (χ1n) is 9.09. The van der Waals surface area contributed by atoms with Crippen molar-refractivity contribution in [3.8, 4) is 28.5 Å². The monoisotopic (exact) mass is 447 g/mol. The van der Waals surface area contributed by atoms with E-state index in [0.717, 1.165) is 32.1 Å². The Balaban J connectivity index is 1.52. The maximum absolute atomic E-state index is 6.00. The molecular formula is C22H14ClN5S2. The molecule has 30 heavy (non-hydrogen) atoms. The van der Waals surface area contributed by atoms with Gasteiger partial charge in [-0.3, -0.25) is 9.55 Å². The van der Waals surface area contributed by atoms with Crippen LogP contribution in [0.1, 0.15) is 0 Å². The molecule has 2 aromatic carbocycles. The number of pyridine rings is 1. The quantitative estimate of drug-likeness (QED) is 0.318. The number of halogens is 1. The van der Waals surface area contributed by atoms with Gasteiger partial charge in [0.2, 0.25) is 5.16 Å². The number of aromatic nitrogens is 5. The number of nitrogens with zero attached hydrogens (tertiary/aromatic N) is 5. The molecule has 0 aliphatic rings. The van der Waals surface area contributed by atoms with Gasteiger partial charge in [-0.1, -0.05) is 48.0 Å². The van der Waals surface area contributed by atoms with E-state index < -0.39 is 0 Å². The van der Waals surface area contributed by atoms with Gasteiger partial charge >= 0.3 is 0 Å². The second kappa shape index (κ2) is 8.39. The van der Waals surface area contributed by atoms with E-state index in [1.165, 1.54) is 11.8 Å². The average molecular weight is 448 g/mol. The first-order chi connectivity index (χ1) is 14.8. The Labute approximate surface area is 186 Å². The number of benzene rings is 2. The minimum absolute atomic E-state index is 0.693. The topological polar surface area (TPSA) is 56.5 Å². The van der Waals surface area contributed by atoms with E-state index in [1.54, 1.807) is 17.5 Å². The molecule has 0 radical (unpaired) electrons. The zero-order valence-electron chi connectivity index (χ0n) is 15.5. The minimum Gasteiger partial charge on any atom is -0.268 e. The van der Waals surface area contributed by atoms with Crippen LogP contribution in [0, 0.1) is 0 Å². The van der Waals surface area contributed by atoms with Gasteiger partial charge in [0.1, 0.15) is 5.69 Å². The van der Waals surface area contributed by atoms with E-state index in [0.29, 0.717) is 10.8 Å². The lowest BCUT2D eigenvalue weighted by Crippen LogP contribution is -2.00. The zero-order chi connectivity index (χ0) is 20.3. The number of thiazole rings is 1. The van der Waals surface area contributed by atoms with Gasteiger partial charge in [-0.15, -0.1) is 21.5 Å². The first-order valence-corrected chi connectivity index (χ1v) is 11.2. The lowest BCUT2D eigenvalue weighted by molar-refractivity contribution is 0.884. The van der Waals surface area contributed by atoms with Gasteiger partial charge in [0.05, 0.1) is 5.69 Å². The SMILES string of the molecule is Clc1ccc(-c2csc(Sc3nnc(-c4ccccn4)n3-c3ccccc3)n2)cc1. The standard InChI is InChI=1S/C22H14ClN5S2/c23-16-11-9-15(10-12-16)19-14-29-22(25-19)30-21-27-26-20(18-8-4-5-13-24-18)28(21)17-6-2-1-3-7-17/h1-14H. The molecule has 0 atom stereocenters. The van der Waals surface area contributed by atoms with Crippen LogP contribution in [0.2, 0.25) is 5.02 Å². The fraction of sp³-hybridized carbons (Fsp3) is 0. The van der Waals surface area contributed by atoms with Crippen LogP contribution in [0.15, 0.2) is 93.9 Å². The molecule has 0 amide bonds. The van der Waals surface area contributed by atoms with Crippen molar-refractivity contribution in [2.75, 3.05) is 0 Å². The Morgan fingerprint density at radius 1 is 0.833 bits per heavy atom. The molecule has 0 aliphatic heterocycles. The highest BCUT2D eigenvalue weighted by Crippen LogP contribution is 2.35. The van der Waals surface area contributed by atoms with Gasteiger partial charge in [0, 0.05) is 27.9 Å². The van der Waals surface area contributed by atoms with E-state index >= 15 is 0 Å². The van der Waals surface area contributed by atoms with Crippen molar-refractivity contribution >= 4 is 34.7 Å². The summed E-state index contributed by atoms with van der Waals surface area (Å²) in [4.78, 5) is 9.21. The summed E-state index contributed by atoms with van der Waals surface area (Å²) in [7, 11) is 0. The summed E-state index contributed by atoms with van der Waals surface area (Å²) >= 11 is 9.06. The number of hydrogen-bond acceptors (Lipinski definition) is 6. The van der Waals surface area contributed by atoms with Crippen molar-refractivity contribution in [2.45, 2.75) is 9.50 Å². The van der Waals surface area contributed by atoms with Gasteiger partial charge < -0.3 is 0 Å². The summed E-state index contributed by atoms with van der Waals surface area (Å²) in [5.74, 6) is 0.693. The van der Waals surface area contributed by atoms with Crippen LogP contribution >= 0.6 is 34.7 Å². The minimum atomic E-state index is 0.693. The van der Waals surface area contributed by atoms with Crippen LogP contribution in [0.25, 0.3) is 28.5 Å². The molecule has 0 aliphatic carbocycles. The van der Waals surface area contributed by atoms with Crippen molar-refractivity contribution in [1.82, 2.24) is 24.7 Å². The third-order valence-electron chi connectivity index (χ3n) is 4.34. The van der Waals surface area contributed by atoms with E-state index in [9.17, 15) is 0 Å². The van der Waals surface area contributed by atoms with Crippen LogP contribution in [0.5, 0.6) is 0 Å². The normalized spacial score (nSPS) is 11.0. The molecule has 0 spiro atoms. The molecule has 8 heteroatoms. The molecule has 0 N–H and O–H groups in total. The third-order valence-corrected chi connectivity index (χ3v) is 6.48. The highest BCUT2D eigenvalue weighted by Gasteiger charge is 2.18. The van der Waals surface area contributed by atoms with Crippen LogP contribution in [0.3, 0.4) is 0 Å². The van der Waals surface area contributed by atoms with Crippen molar-refractivity contribution in [2.24, 2.45) is 0 Å². The predicted octanol–water partition coefficient (Wildman–Crippen LogP) is 6.26. The van der Waals surface area contributed by atoms with Crippen molar-refractivity contribution < 1.29 is 0 Å². The smallest absolute Gasteiger partial charge is 0.203 e. The van der Waals surface area contributed by atoms with Crippen LogP contribution < -0.4 is 0 Å². The largest absolute Gasteiger partial charge is 0.268 e. The summed E-state index contributed by atoms with van der Waals surface area (Å²) in [6, 6.07) is 23.5. The zero-order valence-corrected chi connectivity index (χ0v) is 17.9. The predicted molar refractivity (Wildman–Crippen MR) is 121 cm³/mol. The second-order valence-corrected chi connectivity index (χ2v) is 8.81. The molecule has 0 fully saturated rings. The molecule has 3 aromatic heterocycles. The molecular weight excluding hydrogens is 434 g/mol. The molecule has 0 saturated heterocycles. The van der Waals surface area contributed by atoms with E-state index in [-0.39, 0.29) is 0 Å². The maximum atomic E-state index is 6.00. The molecule has 5 rings (SSSR count). The maximum Gasteiger partial charge on any atom is 0.203 e. The summed E-state index contributed by atoms with van der Waals surface area (Å²) in [6.07, 6.45) is 1.76. The Morgan fingerprint density at radius 3 is 2.40 bits per heavy atom. The summed E-state index contributed by atoms with van der Waals surface area (Å²) in [5, 5.41) is 12.3. The average Bonchev–Trinajstić information content (AvgIpc) is 3.43. The van der Waals surface area contributed by atoms with Crippen LogP contribution in [0.4, 0.5) is 0 Å². The molecule has 146 valence electrons. The Kier molecular flexibility index (Phi) is 5.31. The second-order valence-electron chi connectivity index (χ2n) is 6.30. The highest BCUT2D eigenvalue weighted by molar-refractivity contribution is 8.00. The molecule has 0 saturated carbocycles. The molecule has 0 bridgehead atoms. The molecule has 0 unspecified atom stereocenters. The highest BCUT2D eigenvalue weighted by atomic mass is 35.5. The van der Waals surface area contributed by atoms with Gasteiger partial charge in [-0.2, -0.15) is 0 Å². The number of para-hydroxylation sites is 1. The van der Waals surface area contributed by atoms with E-state index in [1.807, 2.05) is 82.7 Å². The number of rotatable bonds is 5. The summed E-state index contributed by atoms with van der Waals surface area (Å²) in [6.45, 7) is 0. The fourth-order valence-corrected chi connectivity index (χ4v) is 4.85. The summed E-state index contributed by atoms with van der Waals surface area (Å²) < 4.78 is 2.90. The fourth-order valence-electron chi connectivity index (χ4n) is 2.94. The third kappa shape index (κ3) is 3.87. The Bertz CT molecular complexity index is 1270.